The second-order valence-corrected chi connectivity index (χ2v) is 7.58. The lowest BCUT2D eigenvalue weighted by Crippen LogP contribution is -2.46. The van der Waals surface area contributed by atoms with Crippen LogP contribution in [0.3, 0.4) is 0 Å². The number of piperidine rings is 1. The second-order valence-electron chi connectivity index (χ2n) is 7.58. The third-order valence-electron chi connectivity index (χ3n) is 4.42. The summed E-state index contributed by atoms with van der Waals surface area (Å²) in [6, 6.07) is 8.29. The van der Waals surface area contributed by atoms with Gasteiger partial charge in [-0.15, -0.1) is 0 Å². The van der Waals surface area contributed by atoms with Gasteiger partial charge < -0.3 is 20.1 Å². The van der Waals surface area contributed by atoms with Crippen molar-refractivity contribution in [1.82, 2.24) is 10.2 Å². The fourth-order valence-corrected chi connectivity index (χ4v) is 2.87. The Morgan fingerprint density at radius 1 is 1.32 bits per heavy atom. The molecule has 0 saturated carbocycles. The molecule has 0 bridgehead atoms. The monoisotopic (exact) mass is 347 g/mol. The fourth-order valence-electron chi connectivity index (χ4n) is 2.87. The largest absolute Gasteiger partial charge is 0.492 e. The van der Waals surface area contributed by atoms with Gasteiger partial charge in [0.25, 0.3) is 0 Å². The predicted molar refractivity (Wildman–Crippen MR) is 103 cm³/mol. The molecule has 0 amide bonds. The standard InChI is InChI=1S/C20H33N3O2/c1-5-21-19(23-12-9-17(24)10-13-23)22-11-14-25-18-8-6-7-16(15-18)20(2,3)4/h6-8,15,17,24H,5,9-14H2,1-4H3,(H,21,22). The zero-order valence-corrected chi connectivity index (χ0v) is 16.1. The van der Waals surface area contributed by atoms with Crippen molar-refractivity contribution in [2.45, 2.75) is 52.1 Å². The van der Waals surface area contributed by atoms with E-state index in [-0.39, 0.29) is 11.5 Å². The van der Waals surface area contributed by atoms with Crippen molar-refractivity contribution in [3.05, 3.63) is 29.8 Å². The molecule has 1 saturated heterocycles. The minimum atomic E-state index is -0.169. The van der Waals surface area contributed by atoms with E-state index in [1.54, 1.807) is 0 Å². The van der Waals surface area contributed by atoms with E-state index in [2.05, 4.69) is 55.0 Å². The molecule has 0 aliphatic carbocycles. The summed E-state index contributed by atoms with van der Waals surface area (Å²) in [4.78, 5) is 6.89. The van der Waals surface area contributed by atoms with Crippen LogP contribution in [0.4, 0.5) is 0 Å². The van der Waals surface area contributed by atoms with Gasteiger partial charge in [0.1, 0.15) is 12.4 Å². The number of benzene rings is 1. The molecule has 0 unspecified atom stereocenters. The Hall–Kier alpha value is -1.75. The van der Waals surface area contributed by atoms with E-state index < -0.39 is 0 Å². The number of nitrogens with one attached hydrogen (secondary N) is 1. The molecule has 1 aliphatic rings. The second kappa shape index (κ2) is 9.09. The van der Waals surface area contributed by atoms with Crippen molar-refractivity contribution in [2.24, 2.45) is 4.99 Å². The SMILES string of the molecule is CCNC(=NCCOc1cccc(C(C)(C)C)c1)N1CCC(O)CC1. The molecule has 140 valence electrons. The highest BCUT2D eigenvalue weighted by atomic mass is 16.5. The van der Waals surface area contributed by atoms with Crippen LogP contribution in [-0.4, -0.2) is 54.9 Å². The summed E-state index contributed by atoms with van der Waals surface area (Å²) in [5.74, 6) is 1.81. The van der Waals surface area contributed by atoms with Gasteiger partial charge in [-0.2, -0.15) is 0 Å². The van der Waals surface area contributed by atoms with E-state index in [4.69, 9.17) is 4.74 Å². The van der Waals surface area contributed by atoms with Crippen molar-refractivity contribution in [3.63, 3.8) is 0 Å². The number of rotatable bonds is 5. The maximum atomic E-state index is 9.65. The third kappa shape index (κ3) is 6.24. The third-order valence-corrected chi connectivity index (χ3v) is 4.42. The molecule has 5 nitrogen and oxygen atoms in total. The summed E-state index contributed by atoms with van der Waals surface area (Å²) in [6.07, 6.45) is 1.44. The Morgan fingerprint density at radius 3 is 2.68 bits per heavy atom. The molecule has 0 spiro atoms. The molecule has 1 aromatic rings. The van der Waals surface area contributed by atoms with Gasteiger partial charge in [0, 0.05) is 19.6 Å². The average molecular weight is 348 g/mol. The van der Waals surface area contributed by atoms with E-state index in [0.717, 1.165) is 44.2 Å². The Bertz CT molecular complexity index is 558. The highest BCUT2D eigenvalue weighted by molar-refractivity contribution is 5.80. The van der Waals surface area contributed by atoms with Crippen molar-refractivity contribution in [1.29, 1.82) is 0 Å². The van der Waals surface area contributed by atoms with E-state index in [1.165, 1.54) is 5.56 Å². The van der Waals surface area contributed by atoms with Crippen LogP contribution in [0.15, 0.2) is 29.3 Å². The molecule has 0 atom stereocenters. The van der Waals surface area contributed by atoms with Crippen LogP contribution >= 0.6 is 0 Å². The summed E-state index contributed by atoms with van der Waals surface area (Å²) in [5, 5.41) is 13.0. The molecule has 1 aromatic carbocycles. The number of nitrogens with zero attached hydrogens (tertiary/aromatic N) is 2. The quantitative estimate of drug-likeness (QED) is 0.488. The van der Waals surface area contributed by atoms with Crippen molar-refractivity contribution in [3.8, 4) is 5.75 Å². The number of guanidine groups is 1. The first kappa shape index (κ1) is 19.6. The van der Waals surface area contributed by atoms with E-state index in [0.29, 0.717) is 13.2 Å². The molecule has 1 heterocycles. The molecule has 1 aliphatic heterocycles. The van der Waals surface area contributed by atoms with E-state index >= 15 is 0 Å². The topological polar surface area (TPSA) is 57.1 Å². The van der Waals surface area contributed by atoms with Crippen LogP contribution in [0.1, 0.15) is 46.1 Å². The summed E-state index contributed by atoms with van der Waals surface area (Å²) in [6.45, 7) is 12.4. The van der Waals surface area contributed by atoms with Crippen LogP contribution in [0.5, 0.6) is 5.75 Å². The molecule has 5 heteroatoms. The summed E-state index contributed by atoms with van der Waals surface area (Å²) >= 11 is 0. The summed E-state index contributed by atoms with van der Waals surface area (Å²) in [7, 11) is 0. The van der Waals surface area contributed by atoms with Crippen molar-refractivity contribution in [2.75, 3.05) is 32.8 Å². The average Bonchev–Trinajstić information content (AvgIpc) is 2.58. The zero-order valence-electron chi connectivity index (χ0n) is 16.1. The number of hydrogen-bond donors (Lipinski definition) is 2. The number of aliphatic hydroxyl groups excluding tert-OH is 1. The van der Waals surface area contributed by atoms with Gasteiger partial charge in [-0.05, 0) is 42.9 Å². The maximum Gasteiger partial charge on any atom is 0.194 e. The fraction of sp³-hybridized carbons (Fsp3) is 0.650. The van der Waals surface area contributed by atoms with Gasteiger partial charge in [0.05, 0.1) is 12.6 Å². The van der Waals surface area contributed by atoms with Crippen molar-refractivity contribution < 1.29 is 9.84 Å². The maximum absolute atomic E-state index is 9.65. The highest BCUT2D eigenvalue weighted by Crippen LogP contribution is 2.25. The Balaban J connectivity index is 1.87. The van der Waals surface area contributed by atoms with E-state index in [1.807, 2.05) is 12.1 Å². The Morgan fingerprint density at radius 2 is 2.04 bits per heavy atom. The summed E-state index contributed by atoms with van der Waals surface area (Å²) < 4.78 is 5.88. The molecular weight excluding hydrogens is 314 g/mol. The Labute approximate surface area is 152 Å². The first-order chi connectivity index (χ1) is 11.9. The van der Waals surface area contributed by atoms with Gasteiger partial charge >= 0.3 is 0 Å². The lowest BCUT2D eigenvalue weighted by Gasteiger charge is -2.32. The smallest absolute Gasteiger partial charge is 0.194 e. The number of aliphatic imine (C=N–C) groups is 1. The molecule has 0 radical (unpaired) electrons. The van der Waals surface area contributed by atoms with Gasteiger partial charge in [-0.3, -0.25) is 0 Å². The predicted octanol–water partition coefficient (Wildman–Crippen LogP) is 2.79. The van der Waals surface area contributed by atoms with Crippen LogP contribution in [0, 0.1) is 0 Å². The number of aliphatic hydroxyl groups is 1. The highest BCUT2D eigenvalue weighted by Gasteiger charge is 2.19. The Kier molecular flexibility index (Phi) is 7.12. The summed E-state index contributed by atoms with van der Waals surface area (Å²) in [5.41, 5.74) is 1.39. The minimum absolute atomic E-state index is 0.120. The molecule has 2 N–H and O–H groups in total. The van der Waals surface area contributed by atoms with E-state index in [9.17, 15) is 5.11 Å². The van der Waals surface area contributed by atoms with Crippen LogP contribution < -0.4 is 10.1 Å². The first-order valence-electron chi connectivity index (χ1n) is 9.35. The molecule has 25 heavy (non-hydrogen) atoms. The van der Waals surface area contributed by atoms with Crippen LogP contribution in [0.25, 0.3) is 0 Å². The number of ether oxygens (including phenoxy) is 1. The minimum Gasteiger partial charge on any atom is -0.492 e. The zero-order chi connectivity index (χ0) is 18.3. The molecule has 0 aromatic heterocycles. The first-order valence-corrected chi connectivity index (χ1v) is 9.35. The van der Waals surface area contributed by atoms with Gasteiger partial charge in [0.15, 0.2) is 5.96 Å². The van der Waals surface area contributed by atoms with Gasteiger partial charge in [-0.25, -0.2) is 4.99 Å². The lowest BCUT2D eigenvalue weighted by molar-refractivity contribution is 0.108. The molecule has 2 rings (SSSR count). The van der Waals surface area contributed by atoms with Gasteiger partial charge in [-0.1, -0.05) is 32.9 Å². The normalized spacial score (nSPS) is 16.8. The number of likely N-dealkylation sites (tertiary alicyclic amines) is 1. The lowest BCUT2D eigenvalue weighted by atomic mass is 9.87. The van der Waals surface area contributed by atoms with Crippen LogP contribution in [0.2, 0.25) is 0 Å². The molecule has 1 fully saturated rings. The molecular formula is C20H33N3O2. The van der Waals surface area contributed by atoms with Crippen LogP contribution in [-0.2, 0) is 5.41 Å². The van der Waals surface area contributed by atoms with Crippen molar-refractivity contribution >= 4 is 5.96 Å². The number of hydrogen-bond acceptors (Lipinski definition) is 3. The van der Waals surface area contributed by atoms with Gasteiger partial charge in [0.2, 0.25) is 0 Å².